The molecule has 1 aromatic rings. The maximum Gasteiger partial charge on any atom is 0.119 e. The van der Waals surface area contributed by atoms with Crippen molar-refractivity contribution in [3.05, 3.63) is 53.6 Å². The van der Waals surface area contributed by atoms with Crippen LogP contribution >= 0.6 is 0 Å². The van der Waals surface area contributed by atoms with Crippen LogP contribution in [0.1, 0.15) is 90.0 Å². The first-order chi connectivity index (χ1) is 13.1. The molecule has 1 fully saturated rings. The molecule has 0 radical (unpaired) electrons. The fourth-order valence-corrected chi connectivity index (χ4v) is 4.96. The van der Waals surface area contributed by atoms with E-state index in [0.717, 1.165) is 24.5 Å². The molecule has 0 aliphatic heterocycles. The average Bonchev–Trinajstić information content (AvgIpc) is 2.66. The van der Waals surface area contributed by atoms with Gasteiger partial charge in [0.15, 0.2) is 0 Å². The second kappa shape index (κ2) is 9.62. The summed E-state index contributed by atoms with van der Waals surface area (Å²) in [7, 11) is 0. The van der Waals surface area contributed by atoms with Crippen molar-refractivity contribution in [3.63, 3.8) is 0 Å². The van der Waals surface area contributed by atoms with Gasteiger partial charge < -0.3 is 4.74 Å². The molecule has 0 spiro atoms. The Morgan fingerprint density at radius 2 is 1.89 bits per heavy atom. The smallest absolute Gasteiger partial charge is 0.119 e. The van der Waals surface area contributed by atoms with Gasteiger partial charge in [-0.3, -0.25) is 0 Å². The van der Waals surface area contributed by atoms with Gasteiger partial charge in [0, 0.05) is 12.3 Å². The SMILES string of the molecule is C=C1C(CCCCC)CCCC1c1ccc(OC2CC=C(C)CC2C)cc1. The van der Waals surface area contributed by atoms with Gasteiger partial charge in [-0.15, -0.1) is 0 Å². The highest BCUT2D eigenvalue weighted by Gasteiger charge is 2.27. The average molecular weight is 367 g/mol. The number of rotatable bonds is 7. The predicted molar refractivity (Wildman–Crippen MR) is 116 cm³/mol. The lowest BCUT2D eigenvalue weighted by molar-refractivity contribution is 0.138. The molecule has 4 atom stereocenters. The Morgan fingerprint density at radius 3 is 2.59 bits per heavy atom. The Hall–Kier alpha value is -1.50. The normalized spacial score (nSPS) is 28.7. The van der Waals surface area contributed by atoms with Crippen molar-refractivity contribution in [1.29, 1.82) is 0 Å². The quantitative estimate of drug-likeness (QED) is 0.353. The number of hydrogen-bond donors (Lipinski definition) is 0. The summed E-state index contributed by atoms with van der Waals surface area (Å²) < 4.78 is 6.30. The first kappa shape index (κ1) is 20.2. The summed E-state index contributed by atoms with van der Waals surface area (Å²) >= 11 is 0. The Bertz CT molecular complexity index is 639. The third kappa shape index (κ3) is 5.27. The van der Waals surface area contributed by atoms with Crippen molar-refractivity contribution >= 4 is 0 Å². The third-order valence-electron chi connectivity index (χ3n) is 6.72. The lowest BCUT2D eigenvalue weighted by atomic mass is 9.73. The third-order valence-corrected chi connectivity index (χ3v) is 6.72. The minimum Gasteiger partial charge on any atom is -0.490 e. The van der Waals surface area contributed by atoms with E-state index in [-0.39, 0.29) is 0 Å². The van der Waals surface area contributed by atoms with Gasteiger partial charge >= 0.3 is 0 Å². The van der Waals surface area contributed by atoms with Crippen molar-refractivity contribution in [2.24, 2.45) is 11.8 Å². The summed E-state index contributed by atoms with van der Waals surface area (Å²) in [6.07, 6.45) is 14.1. The molecule has 1 nitrogen and oxygen atoms in total. The van der Waals surface area contributed by atoms with E-state index in [1.165, 1.54) is 61.7 Å². The van der Waals surface area contributed by atoms with Crippen LogP contribution in [0.3, 0.4) is 0 Å². The standard InChI is InChI=1S/C26H38O/c1-5-6-7-9-22-10-8-11-25(21(22)4)23-13-15-24(16-14-23)27-26-17-12-19(2)18-20(26)3/h12-16,20,22,25-26H,4-11,17-18H2,1-3H3. The molecule has 0 heterocycles. The van der Waals surface area contributed by atoms with E-state index in [2.05, 4.69) is 57.7 Å². The Morgan fingerprint density at radius 1 is 1.11 bits per heavy atom. The second-order valence-electron chi connectivity index (χ2n) is 8.94. The van der Waals surface area contributed by atoms with Crippen LogP contribution < -0.4 is 4.74 Å². The molecule has 148 valence electrons. The first-order valence-corrected chi connectivity index (χ1v) is 11.2. The number of hydrogen-bond acceptors (Lipinski definition) is 1. The Labute approximate surface area is 166 Å². The van der Waals surface area contributed by atoms with Crippen LogP contribution in [-0.2, 0) is 0 Å². The molecule has 3 rings (SSSR count). The summed E-state index contributed by atoms with van der Waals surface area (Å²) in [5.74, 6) is 2.88. The van der Waals surface area contributed by atoms with Gasteiger partial charge in [-0.05, 0) is 62.1 Å². The van der Waals surface area contributed by atoms with Crippen LogP contribution in [0.2, 0.25) is 0 Å². The molecule has 4 unspecified atom stereocenters. The fourth-order valence-electron chi connectivity index (χ4n) is 4.96. The maximum absolute atomic E-state index is 6.30. The molecule has 1 aromatic carbocycles. The van der Waals surface area contributed by atoms with Crippen LogP contribution in [0.5, 0.6) is 5.75 Å². The lowest BCUT2D eigenvalue weighted by Gasteiger charge is -2.33. The van der Waals surface area contributed by atoms with Crippen LogP contribution in [0.4, 0.5) is 0 Å². The van der Waals surface area contributed by atoms with Gasteiger partial charge in [0.25, 0.3) is 0 Å². The molecule has 2 aliphatic rings. The topological polar surface area (TPSA) is 9.23 Å². The summed E-state index contributed by atoms with van der Waals surface area (Å²) in [5, 5.41) is 0. The lowest BCUT2D eigenvalue weighted by Crippen LogP contribution is -2.27. The predicted octanol–water partition coefficient (Wildman–Crippen LogP) is 7.83. The van der Waals surface area contributed by atoms with Crippen molar-refractivity contribution < 1.29 is 4.74 Å². The second-order valence-corrected chi connectivity index (χ2v) is 8.94. The molecule has 1 heteroatoms. The molecule has 0 amide bonds. The summed E-state index contributed by atoms with van der Waals surface area (Å²) in [6.45, 7) is 11.3. The van der Waals surface area contributed by atoms with Crippen molar-refractivity contribution in [1.82, 2.24) is 0 Å². The first-order valence-electron chi connectivity index (χ1n) is 11.2. The molecular formula is C26H38O. The van der Waals surface area contributed by atoms with E-state index >= 15 is 0 Å². The van der Waals surface area contributed by atoms with Crippen LogP contribution in [0.25, 0.3) is 0 Å². The zero-order chi connectivity index (χ0) is 19.2. The highest BCUT2D eigenvalue weighted by Crippen LogP contribution is 2.42. The monoisotopic (exact) mass is 366 g/mol. The molecule has 0 aromatic heterocycles. The molecule has 1 saturated carbocycles. The van der Waals surface area contributed by atoms with Crippen molar-refractivity contribution in [2.45, 2.75) is 90.6 Å². The van der Waals surface area contributed by atoms with Gasteiger partial charge in [0.1, 0.15) is 11.9 Å². The van der Waals surface area contributed by atoms with Crippen LogP contribution in [0.15, 0.2) is 48.1 Å². The van der Waals surface area contributed by atoms with E-state index in [4.69, 9.17) is 4.74 Å². The molecule has 2 aliphatic carbocycles. The summed E-state index contributed by atoms with van der Waals surface area (Å²) in [4.78, 5) is 0. The number of allylic oxidation sites excluding steroid dienone is 2. The Kier molecular flexibility index (Phi) is 7.21. The van der Waals surface area contributed by atoms with Crippen molar-refractivity contribution in [3.8, 4) is 5.75 Å². The number of ether oxygens (including phenoxy) is 1. The molecule has 0 N–H and O–H groups in total. The van der Waals surface area contributed by atoms with E-state index in [9.17, 15) is 0 Å². The van der Waals surface area contributed by atoms with Gasteiger partial charge in [-0.25, -0.2) is 0 Å². The minimum absolute atomic E-state index is 0.312. The van der Waals surface area contributed by atoms with Gasteiger partial charge in [-0.1, -0.05) is 75.5 Å². The van der Waals surface area contributed by atoms with E-state index < -0.39 is 0 Å². The van der Waals surface area contributed by atoms with Gasteiger partial charge in [-0.2, -0.15) is 0 Å². The van der Waals surface area contributed by atoms with Gasteiger partial charge in [0.2, 0.25) is 0 Å². The summed E-state index contributed by atoms with van der Waals surface area (Å²) in [6, 6.07) is 8.94. The molecular weight excluding hydrogens is 328 g/mol. The van der Waals surface area contributed by atoms with E-state index in [1.807, 2.05) is 0 Å². The van der Waals surface area contributed by atoms with Crippen LogP contribution in [0, 0.1) is 11.8 Å². The highest BCUT2D eigenvalue weighted by molar-refractivity contribution is 5.35. The van der Waals surface area contributed by atoms with Crippen LogP contribution in [-0.4, -0.2) is 6.10 Å². The summed E-state index contributed by atoms with van der Waals surface area (Å²) in [5.41, 5.74) is 4.41. The van der Waals surface area contributed by atoms with Crippen molar-refractivity contribution in [2.75, 3.05) is 0 Å². The largest absolute Gasteiger partial charge is 0.490 e. The highest BCUT2D eigenvalue weighted by atomic mass is 16.5. The number of unbranched alkanes of at least 4 members (excludes halogenated alkanes) is 2. The molecule has 0 bridgehead atoms. The number of benzene rings is 1. The minimum atomic E-state index is 0.312. The van der Waals surface area contributed by atoms with E-state index in [1.54, 1.807) is 0 Å². The fraction of sp³-hybridized carbons (Fsp3) is 0.615. The van der Waals surface area contributed by atoms with Gasteiger partial charge in [0.05, 0.1) is 0 Å². The zero-order valence-corrected chi connectivity index (χ0v) is 17.7. The zero-order valence-electron chi connectivity index (χ0n) is 17.7. The molecule has 27 heavy (non-hydrogen) atoms. The molecule has 0 saturated heterocycles. The van der Waals surface area contributed by atoms with E-state index in [0.29, 0.717) is 17.9 Å². The maximum atomic E-state index is 6.30. The Balaban J connectivity index is 1.60.